The van der Waals surface area contributed by atoms with Gasteiger partial charge in [0.2, 0.25) is 0 Å². The molecular formula is C12H21N5. The summed E-state index contributed by atoms with van der Waals surface area (Å²) in [6, 6.07) is 4.30. The first-order chi connectivity index (χ1) is 8.08. The first kappa shape index (κ1) is 12.0. The Morgan fingerprint density at radius 1 is 1.29 bits per heavy atom. The van der Waals surface area contributed by atoms with Gasteiger partial charge in [-0.2, -0.15) is 0 Å². The van der Waals surface area contributed by atoms with Crippen molar-refractivity contribution in [2.45, 2.75) is 18.9 Å². The van der Waals surface area contributed by atoms with Crippen molar-refractivity contribution in [1.29, 1.82) is 0 Å². The molecule has 0 atom stereocenters. The number of piperidine rings is 1. The van der Waals surface area contributed by atoms with Gasteiger partial charge in [-0.05, 0) is 45.1 Å². The van der Waals surface area contributed by atoms with Crippen LogP contribution in [-0.4, -0.2) is 43.1 Å². The number of nitrogen functional groups attached to an aromatic ring is 2. The maximum absolute atomic E-state index is 5.74. The van der Waals surface area contributed by atoms with Crippen LogP contribution in [0.2, 0.25) is 0 Å². The van der Waals surface area contributed by atoms with Crippen LogP contribution in [0.4, 0.5) is 17.3 Å². The summed E-state index contributed by atoms with van der Waals surface area (Å²) in [4.78, 5) is 8.90. The quantitative estimate of drug-likeness (QED) is 0.792. The smallest absolute Gasteiger partial charge is 0.149 e. The second kappa shape index (κ2) is 4.79. The third-order valence-corrected chi connectivity index (χ3v) is 3.54. The zero-order chi connectivity index (χ0) is 12.4. The predicted octanol–water partition coefficient (Wildman–Crippen LogP) is 0.776. The van der Waals surface area contributed by atoms with Crippen molar-refractivity contribution in [2.75, 3.05) is 43.6 Å². The number of nitrogens with zero attached hydrogens (tertiary/aromatic N) is 3. The zero-order valence-electron chi connectivity index (χ0n) is 10.6. The van der Waals surface area contributed by atoms with Gasteiger partial charge in [-0.25, -0.2) is 4.98 Å². The minimum atomic E-state index is 0.419. The van der Waals surface area contributed by atoms with Crippen LogP contribution in [-0.2, 0) is 0 Å². The Morgan fingerprint density at radius 3 is 2.53 bits per heavy atom. The second-order valence-corrected chi connectivity index (χ2v) is 4.79. The van der Waals surface area contributed by atoms with Crippen molar-refractivity contribution in [3.05, 3.63) is 12.1 Å². The van der Waals surface area contributed by atoms with Crippen molar-refractivity contribution < 1.29 is 0 Å². The number of hydrogen-bond acceptors (Lipinski definition) is 5. The fourth-order valence-corrected chi connectivity index (χ4v) is 2.24. The van der Waals surface area contributed by atoms with Crippen LogP contribution in [0.1, 0.15) is 12.8 Å². The van der Waals surface area contributed by atoms with E-state index in [1.807, 2.05) is 12.1 Å². The third-order valence-electron chi connectivity index (χ3n) is 3.54. The Kier molecular flexibility index (Phi) is 3.38. The van der Waals surface area contributed by atoms with Crippen molar-refractivity contribution in [3.63, 3.8) is 0 Å². The molecular weight excluding hydrogens is 214 g/mol. The van der Waals surface area contributed by atoms with E-state index in [0.29, 0.717) is 17.5 Å². The lowest BCUT2D eigenvalue weighted by molar-refractivity contribution is 0.252. The lowest BCUT2D eigenvalue weighted by Crippen LogP contribution is -2.42. The van der Waals surface area contributed by atoms with E-state index in [1.165, 1.54) is 12.8 Å². The Labute approximate surface area is 102 Å². The van der Waals surface area contributed by atoms with E-state index < -0.39 is 0 Å². The molecule has 0 spiro atoms. The van der Waals surface area contributed by atoms with E-state index in [0.717, 1.165) is 18.9 Å². The number of likely N-dealkylation sites (tertiary alicyclic amines) is 1. The molecule has 0 amide bonds. The SMILES string of the molecule is CN1CCC(N(C)c2ccc(N)c(N)n2)CC1. The monoisotopic (exact) mass is 235 g/mol. The Morgan fingerprint density at radius 2 is 1.94 bits per heavy atom. The van der Waals surface area contributed by atoms with E-state index in [1.54, 1.807) is 0 Å². The fraction of sp³-hybridized carbons (Fsp3) is 0.583. The van der Waals surface area contributed by atoms with Gasteiger partial charge in [0.25, 0.3) is 0 Å². The summed E-state index contributed by atoms with van der Waals surface area (Å²) in [7, 11) is 4.24. The number of pyridine rings is 1. The standard InChI is InChI=1S/C12H21N5/c1-16-7-5-9(6-8-16)17(2)11-4-3-10(13)12(14)15-11/h3-4,9H,5-8,13H2,1-2H3,(H2,14,15). The molecule has 1 aliphatic heterocycles. The highest BCUT2D eigenvalue weighted by atomic mass is 15.2. The van der Waals surface area contributed by atoms with Gasteiger partial charge in [0.05, 0.1) is 5.69 Å². The average Bonchev–Trinajstić information content (AvgIpc) is 2.33. The molecule has 0 radical (unpaired) electrons. The molecule has 5 heteroatoms. The van der Waals surface area contributed by atoms with E-state index in [2.05, 4.69) is 28.9 Å². The van der Waals surface area contributed by atoms with Crippen molar-refractivity contribution in [2.24, 2.45) is 0 Å². The lowest BCUT2D eigenvalue weighted by Gasteiger charge is -2.35. The molecule has 1 aliphatic rings. The van der Waals surface area contributed by atoms with E-state index in [-0.39, 0.29) is 0 Å². The first-order valence-corrected chi connectivity index (χ1v) is 6.01. The van der Waals surface area contributed by atoms with Crippen LogP contribution < -0.4 is 16.4 Å². The Bertz CT molecular complexity index is 384. The second-order valence-electron chi connectivity index (χ2n) is 4.79. The topological polar surface area (TPSA) is 71.4 Å². The van der Waals surface area contributed by atoms with Gasteiger partial charge in [-0.1, -0.05) is 0 Å². The van der Waals surface area contributed by atoms with Crippen LogP contribution in [0.25, 0.3) is 0 Å². The molecule has 94 valence electrons. The van der Waals surface area contributed by atoms with Crippen LogP contribution >= 0.6 is 0 Å². The zero-order valence-corrected chi connectivity index (χ0v) is 10.6. The summed E-state index contributed by atoms with van der Waals surface area (Å²) in [5.41, 5.74) is 12.0. The molecule has 2 heterocycles. The molecule has 1 aromatic heterocycles. The normalized spacial score (nSPS) is 18.2. The van der Waals surface area contributed by atoms with E-state index >= 15 is 0 Å². The van der Waals surface area contributed by atoms with Gasteiger partial charge in [-0.15, -0.1) is 0 Å². The first-order valence-electron chi connectivity index (χ1n) is 6.01. The van der Waals surface area contributed by atoms with Gasteiger partial charge in [0.15, 0.2) is 0 Å². The summed E-state index contributed by atoms with van der Waals surface area (Å²) in [6.45, 7) is 2.28. The predicted molar refractivity (Wildman–Crippen MR) is 72.0 cm³/mol. The van der Waals surface area contributed by atoms with E-state index in [9.17, 15) is 0 Å². The largest absolute Gasteiger partial charge is 0.396 e. The summed E-state index contributed by atoms with van der Waals surface area (Å²) < 4.78 is 0. The maximum atomic E-state index is 5.74. The van der Waals surface area contributed by atoms with Crippen molar-refractivity contribution >= 4 is 17.3 Å². The molecule has 1 aromatic rings. The molecule has 0 aliphatic carbocycles. The minimum absolute atomic E-state index is 0.419. The number of nitrogens with two attached hydrogens (primary N) is 2. The van der Waals surface area contributed by atoms with Gasteiger partial charge < -0.3 is 21.3 Å². The molecule has 0 aromatic carbocycles. The summed E-state index contributed by atoms with van der Waals surface area (Å²) in [6.07, 6.45) is 2.33. The Balaban J connectivity index is 2.08. The molecule has 0 bridgehead atoms. The molecule has 0 saturated carbocycles. The number of rotatable bonds is 2. The van der Waals surface area contributed by atoms with Gasteiger partial charge >= 0.3 is 0 Å². The molecule has 1 fully saturated rings. The third kappa shape index (κ3) is 2.61. The highest BCUT2D eigenvalue weighted by molar-refractivity contribution is 5.62. The van der Waals surface area contributed by atoms with Crippen LogP contribution in [0.5, 0.6) is 0 Å². The fourth-order valence-electron chi connectivity index (χ4n) is 2.24. The highest BCUT2D eigenvalue weighted by Gasteiger charge is 2.21. The molecule has 4 N–H and O–H groups in total. The molecule has 2 rings (SSSR count). The number of anilines is 3. The molecule has 5 nitrogen and oxygen atoms in total. The van der Waals surface area contributed by atoms with Crippen molar-refractivity contribution in [1.82, 2.24) is 9.88 Å². The average molecular weight is 235 g/mol. The van der Waals surface area contributed by atoms with Crippen LogP contribution in [0.3, 0.4) is 0 Å². The van der Waals surface area contributed by atoms with Gasteiger partial charge in [0.1, 0.15) is 11.6 Å². The molecule has 0 unspecified atom stereocenters. The lowest BCUT2D eigenvalue weighted by atomic mass is 10.0. The van der Waals surface area contributed by atoms with Crippen LogP contribution in [0, 0.1) is 0 Å². The highest BCUT2D eigenvalue weighted by Crippen LogP contribution is 2.22. The summed E-state index contributed by atoms with van der Waals surface area (Å²) >= 11 is 0. The molecule has 1 saturated heterocycles. The van der Waals surface area contributed by atoms with E-state index in [4.69, 9.17) is 11.5 Å². The summed E-state index contributed by atoms with van der Waals surface area (Å²) in [5.74, 6) is 1.33. The Hall–Kier alpha value is -1.49. The summed E-state index contributed by atoms with van der Waals surface area (Å²) in [5, 5.41) is 0. The number of hydrogen-bond donors (Lipinski definition) is 2. The molecule has 17 heavy (non-hydrogen) atoms. The van der Waals surface area contributed by atoms with Gasteiger partial charge in [0, 0.05) is 13.1 Å². The maximum Gasteiger partial charge on any atom is 0.149 e. The minimum Gasteiger partial charge on any atom is -0.396 e. The van der Waals surface area contributed by atoms with Crippen LogP contribution in [0.15, 0.2) is 12.1 Å². The number of aromatic nitrogens is 1. The van der Waals surface area contributed by atoms with Gasteiger partial charge in [-0.3, -0.25) is 0 Å². The van der Waals surface area contributed by atoms with Crippen molar-refractivity contribution in [3.8, 4) is 0 Å².